The van der Waals surface area contributed by atoms with Crippen LogP contribution in [0.3, 0.4) is 0 Å². The van der Waals surface area contributed by atoms with Gasteiger partial charge in [0.05, 0.1) is 18.1 Å². The Kier molecular flexibility index (Phi) is 5.18. The summed E-state index contributed by atoms with van der Waals surface area (Å²) < 4.78 is 1.78. The fourth-order valence-electron chi connectivity index (χ4n) is 3.94. The van der Waals surface area contributed by atoms with E-state index >= 15 is 0 Å². The first-order chi connectivity index (χ1) is 15.2. The smallest absolute Gasteiger partial charge is 0.170 e. The van der Waals surface area contributed by atoms with Crippen molar-refractivity contribution in [3.63, 3.8) is 0 Å². The monoisotopic (exact) mass is 412 g/mol. The third-order valence-electron chi connectivity index (χ3n) is 5.64. The van der Waals surface area contributed by atoms with Crippen molar-refractivity contribution < 1.29 is 4.79 Å². The van der Waals surface area contributed by atoms with Crippen LogP contribution in [0.5, 0.6) is 0 Å². The molecule has 0 amide bonds. The number of carbonyl (C=O) groups excluding carboxylic acids is 1. The highest BCUT2D eigenvalue weighted by molar-refractivity contribution is 5.98. The quantitative estimate of drug-likeness (QED) is 0.508. The normalized spacial score (nSPS) is 14.2. The van der Waals surface area contributed by atoms with Crippen LogP contribution in [-0.4, -0.2) is 51.7 Å². The number of rotatable bonds is 5. The van der Waals surface area contributed by atoms with E-state index in [9.17, 15) is 4.79 Å². The number of nitrogens with zero attached hydrogens (tertiary/aromatic N) is 5. The molecule has 2 aromatic carbocycles. The summed E-state index contributed by atoms with van der Waals surface area (Å²) in [5, 5.41) is 8.54. The van der Waals surface area contributed by atoms with Crippen molar-refractivity contribution in [3.05, 3.63) is 72.4 Å². The van der Waals surface area contributed by atoms with E-state index in [1.165, 1.54) is 0 Å². The van der Waals surface area contributed by atoms with E-state index in [0.717, 1.165) is 53.9 Å². The van der Waals surface area contributed by atoms with Crippen LogP contribution in [0.4, 0.5) is 5.69 Å². The molecule has 1 aliphatic heterocycles. The number of piperazine rings is 1. The zero-order chi connectivity index (χ0) is 21.2. The molecule has 31 heavy (non-hydrogen) atoms. The number of anilines is 1. The predicted octanol–water partition coefficient (Wildman–Crippen LogP) is 2.87. The summed E-state index contributed by atoms with van der Waals surface area (Å²) in [4.78, 5) is 24.4. The van der Waals surface area contributed by atoms with Gasteiger partial charge < -0.3 is 10.2 Å². The first kappa shape index (κ1) is 19.4. The minimum absolute atomic E-state index is 0.0275. The number of aryl methyl sites for hydroxylation is 1. The SMILES string of the molecule is Cn1cc(-c2ccc3cnc(CC(=O)c4cccc(N5CCNCC5)c4)nc3c2)cn1. The zero-order valence-corrected chi connectivity index (χ0v) is 17.5. The molecule has 1 aliphatic rings. The van der Waals surface area contributed by atoms with Gasteiger partial charge in [-0.2, -0.15) is 5.10 Å². The molecule has 0 atom stereocenters. The van der Waals surface area contributed by atoms with Gasteiger partial charge in [-0.25, -0.2) is 9.97 Å². The Labute approximate surface area is 180 Å². The molecule has 0 saturated carbocycles. The molecule has 156 valence electrons. The lowest BCUT2D eigenvalue weighted by Gasteiger charge is -2.29. The second-order valence-corrected chi connectivity index (χ2v) is 7.85. The maximum atomic E-state index is 13.0. The number of hydrogen-bond donors (Lipinski definition) is 1. The van der Waals surface area contributed by atoms with E-state index in [-0.39, 0.29) is 12.2 Å². The fraction of sp³-hybridized carbons (Fsp3) is 0.250. The van der Waals surface area contributed by atoms with Crippen LogP contribution in [0.25, 0.3) is 22.0 Å². The highest BCUT2D eigenvalue weighted by atomic mass is 16.1. The average molecular weight is 412 g/mol. The summed E-state index contributed by atoms with van der Waals surface area (Å²) >= 11 is 0. The molecule has 1 N–H and O–H groups in total. The molecule has 0 aliphatic carbocycles. The van der Waals surface area contributed by atoms with Gasteiger partial charge in [0.1, 0.15) is 5.82 Å². The van der Waals surface area contributed by atoms with Gasteiger partial charge in [0, 0.05) is 67.8 Å². The largest absolute Gasteiger partial charge is 0.369 e. The Morgan fingerprint density at radius 1 is 1.06 bits per heavy atom. The van der Waals surface area contributed by atoms with Crippen LogP contribution in [-0.2, 0) is 13.5 Å². The lowest BCUT2D eigenvalue weighted by molar-refractivity contribution is 0.0991. The van der Waals surface area contributed by atoms with Gasteiger partial charge in [0.25, 0.3) is 0 Å². The molecule has 7 heteroatoms. The minimum Gasteiger partial charge on any atom is -0.369 e. The summed E-state index contributed by atoms with van der Waals surface area (Å²) in [5.41, 5.74) is 4.69. The number of Topliss-reactive ketones (excluding diaryl/α,β-unsaturated/α-hetero) is 1. The van der Waals surface area contributed by atoms with Crippen molar-refractivity contribution in [2.45, 2.75) is 6.42 Å². The molecular formula is C24H24N6O. The molecule has 5 rings (SSSR count). The average Bonchev–Trinajstić information content (AvgIpc) is 3.25. The third kappa shape index (κ3) is 4.18. The van der Waals surface area contributed by atoms with E-state index in [1.807, 2.05) is 55.8 Å². The summed E-state index contributed by atoms with van der Waals surface area (Å²) in [6.45, 7) is 3.82. The van der Waals surface area contributed by atoms with Crippen LogP contribution < -0.4 is 10.2 Å². The highest BCUT2D eigenvalue weighted by Gasteiger charge is 2.14. The number of nitrogens with one attached hydrogen (secondary N) is 1. The van der Waals surface area contributed by atoms with Crippen LogP contribution in [0.1, 0.15) is 16.2 Å². The number of hydrogen-bond acceptors (Lipinski definition) is 6. The second kappa shape index (κ2) is 8.28. The van der Waals surface area contributed by atoms with E-state index in [1.54, 1.807) is 10.9 Å². The van der Waals surface area contributed by atoms with Gasteiger partial charge in [-0.15, -0.1) is 0 Å². The topological polar surface area (TPSA) is 75.9 Å². The van der Waals surface area contributed by atoms with E-state index in [4.69, 9.17) is 0 Å². The molecule has 7 nitrogen and oxygen atoms in total. The summed E-state index contributed by atoms with van der Waals surface area (Å²) in [6, 6.07) is 13.9. The molecule has 3 heterocycles. The van der Waals surface area contributed by atoms with Crippen molar-refractivity contribution in [1.29, 1.82) is 0 Å². The lowest BCUT2D eigenvalue weighted by atomic mass is 10.1. The summed E-state index contributed by atoms with van der Waals surface area (Å²) in [5.74, 6) is 0.563. The molecular weight excluding hydrogens is 388 g/mol. The van der Waals surface area contributed by atoms with E-state index < -0.39 is 0 Å². The Morgan fingerprint density at radius 2 is 1.94 bits per heavy atom. The second-order valence-electron chi connectivity index (χ2n) is 7.85. The maximum absolute atomic E-state index is 13.0. The molecule has 0 unspecified atom stereocenters. The first-order valence-electron chi connectivity index (χ1n) is 10.5. The Bertz CT molecular complexity index is 1240. The van der Waals surface area contributed by atoms with Gasteiger partial charge in [-0.3, -0.25) is 9.48 Å². The van der Waals surface area contributed by atoms with Crippen molar-refractivity contribution in [3.8, 4) is 11.1 Å². The number of fused-ring (bicyclic) bond motifs is 1. The standard InChI is InChI=1S/C24H24N6O/c1-29-16-20(15-27-29)17-5-6-19-14-26-24(28-22(19)12-17)13-23(31)18-3-2-4-21(11-18)30-9-7-25-8-10-30/h2-6,11-12,14-16,25H,7-10,13H2,1H3. The third-order valence-corrected chi connectivity index (χ3v) is 5.64. The van der Waals surface area contributed by atoms with Crippen molar-refractivity contribution in [2.75, 3.05) is 31.1 Å². The molecule has 2 aromatic heterocycles. The number of benzene rings is 2. The van der Waals surface area contributed by atoms with Gasteiger partial charge in [0.2, 0.25) is 0 Å². The predicted molar refractivity (Wildman–Crippen MR) is 121 cm³/mol. The Morgan fingerprint density at radius 3 is 2.74 bits per heavy atom. The van der Waals surface area contributed by atoms with Crippen molar-refractivity contribution in [1.82, 2.24) is 25.1 Å². The van der Waals surface area contributed by atoms with Crippen molar-refractivity contribution in [2.24, 2.45) is 7.05 Å². The van der Waals surface area contributed by atoms with Gasteiger partial charge in [0.15, 0.2) is 5.78 Å². The van der Waals surface area contributed by atoms with Gasteiger partial charge >= 0.3 is 0 Å². The zero-order valence-electron chi connectivity index (χ0n) is 17.5. The van der Waals surface area contributed by atoms with Crippen LogP contribution >= 0.6 is 0 Å². The van der Waals surface area contributed by atoms with Crippen LogP contribution in [0.15, 0.2) is 61.1 Å². The number of ketones is 1. The highest BCUT2D eigenvalue weighted by Crippen LogP contribution is 2.23. The Balaban J connectivity index is 1.37. The molecule has 0 bridgehead atoms. The number of carbonyl (C=O) groups is 1. The Hall–Kier alpha value is -3.58. The minimum atomic E-state index is 0.0275. The van der Waals surface area contributed by atoms with E-state index in [0.29, 0.717) is 11.4 Å². The number of aromatic nitrogens is 4. The molecule has 1 saturated heterocycles. The first-order valence-corrected chi connectivity index (χ1v) is 10.5. The fourth-order valence-corrected chi connectivity index (χ4v) is 3.94. The molecule has 4 aromatic rings. The lowest BCUT2D eigenvalue weighted by Crippen LogP contribution is -2.43. The van der Waals surface area contributed by atoms with Crippen molar-refractivity contribution >= 4 is 22.4 Å². The molecule has 0 spiro atoms. The summed E-state index contributed by atoms with van der Waals surface area (Å²) in [6.07, 6.45) is 5.77. The molecule has 1 fully saturated rings. The molecule has 0 radical (unpaired) electrons. The summed E-state index contributed by atoms with van der Waals surface area (Å²) in [7, 11) is 1.90. The van der Waals surface area contributed by atoms with E-state index in [2.05, 4.69) is 31.3 Å². The van der Waals surface area contributed by atoms with Gasteiger partial charge in [-0.05, 0) is 23.8 Å². The van der Waals surface area contributed by atoms with Crippen LogP contribution in [0.2, 0.25) is 0 Å². The van der Waals surface area contributed by atoms with Gasteiger partial charge in [-0.1, -0.05) is 24.3 Å². The van der Waals surface area contributed by atoms with Crippen LogP contribution in [0, 0.1) is 0 Å². The maximum Gasteiger partial charge on any atom is 0.170 e.